The molecule has 4 rings (SSSR count). The Morgan fingerprint density at radius 2 is 1.76 bits per heavy atom. The lowest BCUT2D eigenvalue weighted by molar-refractivity contribution is 0.496. The van der Waals surface area contributed by atoms with Crippen LogP contribution < -0.4 is 0 Å². The first-order chi connectivity index (χ1) is 10.3. The molecular formula is C19H20ClN. The second kappa shape index (κ2) is 5.38. The van der Waals surface area contributed by atoms with E-state index in [1.807, 2.05) is 0 Å². The van der Waals surface area contributed by atoms with Crippen molar-refractivity contribution in [2.24, 2.45) is 5.92 Å². The van der Waals surface area contributed by atoms with Crippen LogP contribution in [0.15, 0.2) is 42.5 Å². The van der Waals surface area contributed by atoms with Crippen LogP contribution in [-0.4, -0.2) is 4.98 Å². The summed E-state index contributed by atoms with van der Waals surface area (Å²) in [7, 11) is 0. The van der Waals surface area contributed by atoms with Crippen LogP contribution in [-0.2, 0) is 0 Å². The molecule has 1 nitrogen and oxygen atoms in total. The molecule has 1 aromatic heterocycles. The lowest BCUT2D eigenvalue weighted by Crippen LogP contribution is -1.99. The van der Waals surface area contributed by atoms with Gasteiger partial charge in [-0.1, -0.05) is 49.9 Å². The summed E-state index contributed by atoms with van der Waals surface area (Å²) in [4.78, 5) is 3.47. The predicted molar refractivity (Wildman–Crippen MR) is 91.0 cm³/mol. The van der Waals surface area contributed by atoms with E-state index < -0.39 is 0 Å². The molecule has 1 unspecified atom stereocenters. The third kappa shape index (κ3) is 2.44. The lowest BCUT2D eigenvalue weighted by Gasteiger charge is -2.15. The maximum Gasteiger partial charge on any atom is 0.0588 e. The van der Waals surface area contributed by atoms with Crippen LogP contribution in [0.2, 0.25) is 0 Å². The number of alkyl halides is 1. The highest BCUT2D eigenvalue weighted by atomic mass is 35.5. The van der Waals surface area contributed by atoms with Gasteiger partial charge in [-0.2, -0.15) is 0 Å². The van der Waals surface area contributed by atoms with Gasteiger partial charge in [-0.25, -0.2) is 0 Å². The maximum absolute atomic E-state index is 6.69. The summed E-state index contributed by atoms with van der Waals surface area (Å²) >= 11 is 6.69. The lowest BCUT2D eigenvalue weighted by atomic mass is 9.97. The Kier molecular flexibility index (Phi) is 3.39. The summed E-state index contributed by atoms with van der Waals surface area (Å²) < 4.78 is 0. The van der Waals surface area contributed by atoms with E-state index in [4.69, 9.17) is 11.6 Å². The van der Waals surface area contributed by atoms with Crippen LogP contribution in [0.25, 0.3) is 21.8 Å². The number of fused-ring (bicyclic) bond motifs is 3. The molecule has 2 heteroatoms. The smallest absolute Gasteiger partial charge is 0.0588 e. The summed E-state index contributed by atoms with van der Waals surface area (Å²) in [6.07, 6.45) is 6.61. The number of benzene rings is 2. The highest BCUT2D eigenvalue weighted by Crippen LogP contribution is 2.37. The molecule has 1 saturated carbocycles. The van der Waals surface area contributed by atoms with E-state index in [0.29, 0.717) is 0 Å². The van der Waals surface area contributed by atoms with Crippen molar-refractivity contribution in [1.82, 2.24) is 4.98 Å². The molecule has 0 radical (unpaired) electrons. The van der Waals surface area contributed by atoms with Crippen LogP contribution in [0.3, 0.4) is 0 Å². The van der Waals surface area contributed by atoms with Crippen LogP contribution in [0.5, 0.6) is 0 Å². The number of H-pyrrole nitrogens is 1. The molecule has 0 spiro atoms. The fourth-order valence-electron chi connectivity index (χ4n) is 3.74. The SMILES string of the molecule is ClC(CC1CCCC1)c1ccc2[nH]c3ccccc3c2c1. The molecule has 1 fully saturated rings. The van der Waals surface area contributed by atoms with Crippen molar-refractivity contribution < 1.29 is 0 Å². The summed E-state index contributed by atoms with van der Waals surface area (Å²) in [5.74, 6) is 0.825. The van der Waals surface area contributed by atoms with Crippen LogP contribution in [0.4, 0.5) is 0 Å². The van der Waals surface area contributed by atoms with Crippen molar-refractivity contribution in [3.63, 3.8) is 0 Å². The molecule has 21 heavy (non-hydrogen) atoms. The van der Waals surface area contributed by atoms with Crippen molar-refractivity contribution in [2.45, 2.75) is 37.5 Å². The minimum absolute atomic E-state index is 0.145. The first-order valence-corrected chi connectivity index (χ1v) is 8.39. The highest BCUT2D eigenvalue weighted by Gasteiger charge is 2.20. The van der Waals surface area contributed by atoms with Crippen molar-refractivity contribution >= 4 is 33.4 Å². The number of hydrogen-bond acceptors (Lipinski definition) is 0. The van der Waals surface area contributed by atoms with E-state index in [2.05, 4.69) is 47.4 Å². The summed E-state index contributed by atoms with van der Waals surface area (Å²) in [6.45, 7) is 0. The van der Waals surface area contributed by atoms with Gasteiger partial charge in [0.25, 0.3) is 0 Å². The monoisotopic (exact) mass is 297 g/mol. The third-order valence-electron chi connectivity index (χ3n) is 4.91. The Labute approximate surface area is 130 Å². The topological polar surface area (TPSA) is 15.8 Å². The molecule has 2 aromatic carbocycles. The first kappa shape index (κ1) is 13.2. The average molecular weight is 298 g/mol. The normalized spacial score (nSPS) is 17.8. The Hall–Kier alpha value is -1.47. The number of hydrogen-bond donors (Lipinski definition) is 1. The predicted octanol–water partition coefficient (Wildman–Crippen LogP) is 6.18. The van der Waals surface area contributed by atoms with E-state index in [1.54, 1.807) is 0 Å². The fourth-order valence-corrected chi connectivity index (χ4v) is 4.12. The van der Waals surface area contributed by atoms with Crippen LogP contribution >= 0.6 is 11.6 Å². The molecule has 3 aromatic rings. The molecule has 1 atom stereocenters. The zero-order valence-corrected chi connectivity index (χ0v) is 12.9. The molecule has 0 bridgehead atoms. The molecule has 0 aliphatic heterocycles. The highest BCUT2D eigenvalue weighted by molar-refractivity contribution is 6.21. The molecular weight excluding hydrogens is 278 g/mol. The van der Waals surface area contributed by atoms with Crippen molar-refractivity contribution in [1.29, 1.82) is 0 Å². The molecule has 108 valence electrons. The third-order valence-corrected chi connectivity index (χ3v) is 5.34. The van der Waals surface area contributed by atoms with Gasteiger partial charge in [-0.15, -0.1) is 11.6 Å². The van der Waals surface area contributed by atoms with Gasteiger partial charge in [0.1, 0.15) is 0 Å². The minimum Gasteiger partial charge on any atom is -0.355 e. The number of aromatic nitrogens is 1. The molecule has 0 amide bonds. The number of aromatic amines is 1. The van der Waals surface area contributed by atoms with Gasteiger partial charge >= 0.3 is 0 Å². The first-order valence-electron chi connectivity index (χ1n) is 7.96. The average Bonchev–Trinajstić information content (AvgIpc) is 3.13. The number of halogens is 1. The summed E-state index contributed by atoms with van der Waals surface area (Å²) in [6, 6.07) is 15.1. The van der Waals surface area contributed by atoms with E-state index in [1.165, 1.54) is 53.1 Å². The van der Waals surface area contributed by atoms with E-state index in [0.717, 1.165) is 12.3 Å². The van der Waals surface area contributed by atoms with Gasteiger partial charge in [0.2, 0.25) is 0 Å². The van der Waals surface area contributed by atoms with Crippen molar-refractivity contribution in [2.75, 3.05) is 0 Å². The zero-order chi connectivity index (χ0) is 14.2. The summed E-state index contributed by atoms with van der Waals surface area (Å²) in [5, 5.41) is 2.73. The molecule has 1 aliphatic carbocycles. The van der Waals surface area contributed by atoms with Gasteiger partial charge in [0.15, 0.2) is 0 Å². The summed E-state index contributed by atoms with van der Waals surface area (Å²) in [5.41, 5.74) is 3.66. The Morgan fingerprint density at radius 1 is 1.00 bits per heavy atom. The molecule has 0 saturated heterocycles. The van der Waals surface area contributed by atoms with Crippen LogP contribution in [0.1, 0.15) is 43.0 Å². The molecule has 1 heterocycles. The number of nitrogens with one attached hydrogen (secondary N) is 1. The number of rotatable bonds is 3. The van der Waals surface area contributed by atoms with Gasteiger partial charge in [-0.3, -0.25) is 0 Å². The Balaban J connectivity index is 1.70. The standard InChI is InChI=1S/C19H20ClN/c20-17(11-13-5-1-2-6-13)14-9-10-19-16(12-14)15-7-3-4-8-18(15)21-19/h3-4,7-10,12-13,17,21H,1-2,5-6,11H2. The van der Waals surface area contributed by atoms with Gasteiger partial charge in [0, 0.05) is 21.8 Å². The van der Waals surface area contributed by atoms with E-state index in [-0.39, 0.29) is 5.38 Å². The minimum atomic E-state index is 0.145. The largest absolute Gasteiger partial charge is 0.355 e. The quantitative estimate of drug-likeness (QED) is 0.555. The fraction of sp³-hybridized carbons (Fsp3) is 0.368. The van der Waals surface area contributed by atoms with Gasteiger partial charge in [0.05, 0.1) is 5.38 Å². The Bertz CT molecular complexity index is 767. The van der Waals surface area contributed by atoms with E-state index in [9.17, 15) is 0 Å². The van der Waals surface area contributed by atoms with Crippen molar-refractivity contribution in [3.05, 3.63) is 48.0 Å². The second-order valence-electron chi connectivity index (χ2n) is 6.33. The van der Waals surface area contributed by atoms with Gasteiger partial charge in [-0.05, 0) is 36.1 Å². The molecule has 1 aliphatic rings. The Morgan fingerprint density at radius 3 is 2.62 bits per heavy atom. The van der Waals surface area contributed by atoms with Crippen molar-refractivity contribution in [3.8, 4) is 0 Å². The number of para-hydroxylation sites is 1. The van der Waals surface area contributed by atoms with Gasteiger partial charge < -0.3 is 4.98 Å². The molecule has 1 N–H and O–H groups in total. The van der Waals surface area contributed by atoms with E-state index >= 15 is 0 Å². The maximum atomic E-state index is 6.69. The van der Waals surface area contributed by atoms with Crippen LogP contribution in [0, 0.1) is 5.92 Å². The zero-order valence-electron chi connectivity index (χ0n) is 12.1. The second-order valence-corrected chi connectivity index (χ2v) is 6.86.